The molecule has 0 aliphatic rings. The van der Waals surface area contributed by atoms with Crippen molar-refractivity contribution in [2.24, 2.45) is 5.84 Å². The number of benzene rings is 2. The van der Waals surface area contributed by atoms with Crippen molar-refractivity contribution in [2.45, 2.75) is 13.3 Å². The van der Waals surface area contributed by atoms with Gasteiger partial charge in [-0.05, 0) is 18.4 Å². The van der Waals surface area contributed by atoms with Gasteiger partial charge in [-0.15, -0.1) is 0 Å². The van der Waals surface area contributed by atoms with Crippen LogP contribution >= 0.6 is 0 Å². The van der Waals surface area contributed by atoms with Crippen molar-refractivity contribution in [2.75, 3.05) is 18.0 Å². The second kappa shape index (κ2) is 6.20. The molecule has 0 atom stereocenters. The fourth-order valence-corrected chi connectivity index (χ4v) is 2.24. The number of anilines is 1. The summed E-state index contributed by atoms with van der Waals surface area (Å²) in [6.07, 6.45) is 0.396. The molecule has 4 nitrogen and oxygen atoms in total. The van der Waals surface area contributed by atoms with Crippen LogP contribution in [0.15, 0.2) is 42.5 Å². The number of carbonyl (C=O) groups excluding carboxylic acids is 1. The number of hydrogen-bond acceptors (Lipinski definition) is 3. The van der Waals surface area contributed by atoms with Crippen molar-refractivity contribution in [3.05, 3.63) is 42.5 Å². The third kappa shape index (κ3) is 3.03. The highest BCUT2D eigenvalue weighted by Crippen LogP contribution is 2.26. The molecule has 0 heterocycles. The smallest absolute Gasteiger partial charge is 0.235 e. The van der Waals surface area contributed by atoms with E-state index in [1.54, 1.807) is 0 Å². The Morgan fingerprint density at radius 3 is 2.68 bits per heavy atom. The second-order valence-corrected chi connectivity index (χ2v) is 4.40. The van der Waals surface area contributed by atoms with Crippen LogP contribution in [-0.2, 0) is 4.79 Å². The number of carbonyl (C=O) groups is 1. The number of hydrogen-bond donors (Lipinski definition) is 2. The summed E-state index contributed by atoms with van der Waals surface area (Å²) in [6, 6.07) is 14.5. The van der Waals surface area contributed by atoms with E-state index in [4.69, 9.17) is 5.84 Å². The fourth-order valence-electron chi connectivity index (χ4n) is 2.24. The molecule has 0 unspecified atom stereocenters. The molecular formula is C15H19N3O. The summed E-state index contributed by atoms with van der Waals surface area (Å²) >= 11 is 0. The molecule has 3 N–H and O–H groups in total. The van der Waals surface area contributed by atoms with Crippen LogP contribution in [0.3, 0.4) is 0 Å². The predicted molar refractivity (Wildman–Crippen MR) is 78.8 cm³/mol. The van der Waals surface area contributed by atoms with E-state index in [-0.39, 0.29) is 5.91 Å². The molecule has 1 amide bonds. The number of nitrogens with zero attached hydrogens (tertiary/aromatic N) is 1. The lowest BCUT2D eigenvalue weighted by molar-refractivity contribution is -0.120. The highest BCUT2D eigenvalue weighted by Gasteiger charge is 2.09. The molecule has 0 aliphatic carbocycles. The topological polar surface area (TPSA) is 58.4 Å². The molecule has 0 aliphatic heterocycles. The van der Waals surface area contributed by atoms with Crippen molar-refractivity contribution < 1.29 is 4.79 Å². The van der Waals surface area contributed by atoms with Gasteiger partial charge in [-0.3, -0.25) is 10.2 Å². The normalized spacial score (nSPS) is 10.4. The van der Waals surface area contributed by atoms with Gasteiger partial charge in [0.15, 0.2) is 0 Å². The molecule has 2 aromatic rings. The molecule has 0 radical (unpaired) electrons. The van der Waals surface area contributed by atoms with Crippen LogP contribution in [0.2, 0.25) is 0 Å². The van der Waals surface area contributed by atoms with Crippen LogP contribution < -0.4 is 16.2 Å². The van der Waals surface area contributed by atoms with Gasteiger partial charge in [0, 0.05) is 30.6 Å². The summed E-state index contributed by atoms with van der Waals surface area (Å²) in [6.45, 7) is 3.60. The third-order valence-corrected chi connectivity index (χ3v) is 3.26. The Morgan fingerprint density at radius 2 is 1.95 bits per heavy atom. The van der Waals surface area contributed by atoms with E-state index in [2.05, 4.69) is 41.5 Å². The van der Waals surface area contributed by atoms with Gasteiger partial charge in [-0.25, -0.2) is 5.84 Å². The van der Waals surface area contributed by atoms with Gasteiger partial charge >= 0.3 is 0 Å². The van der Waals surface area contributed by atoms with Crippen LogP contribution in [0, 0.1) is 0 Å². The van der Waals surface area contributed by atoms with E-state index in [1.807, 2.05) is 18.2 Å². The maximum atomic E-state index is 11.3. The molecule has 0 saturated heterocycles. The SMILES string of the molecule is CCN(CCC(=O)NN)c1cccc2ccccc12. The second-order valence-electron chi connectivity index (χ2n) is 4.40. The third-order valence-electron chi connectivity index (χ3n) is 3.26. The summed E-state index contributed by atoms with van der Waals surface area (Å²) in [5, 5.41) is 2.42. The molecule has 100 valence electrons. The molecule has 0 saturated carbocycles. The van der Waals surface area contributed by atoms with E-state index in [9.17, 15) is 4.79 Å². The van der Waals surface area contributed by atoms with Crippen molar-refractivity contribution in [3.63, 3.8) is 0 Å². The highest BCUT2D eigenvalue weighted by molar-refractivity contribution is 5.94. The summed E-state index contributed by atoms with van der Waals surface area (Å²) in [7, 11) is 0. The molecular weight excluding hydrogens is 238 g/mol. The molecule has 2 aromatic carbocycles. The van der Waals surface area contributed by atoms with Crippen molar-refractivity contribution in [3.8, 4) is 0 Å². The number of amides is 1. The minimum Gasteiger partial charge on any atom is -0.371 e. The average molecular weight is 257 g/mol. The van der Waals surface area contributed by atoms with Gasteiger partial charge in [-0.2, -0.15) is 0 Å². The largest absolute Gasteiger partial charge is 0.371 e. The van der Waals surface area contributed by atoms with Gasteiger partial charge in [0.2, 0.25) is 5.91 Å². The molecule has 19 heavy (non-hydrogen) atoms. The highest BCUT2D eigenvalue weighted by atomic mass is 16.2. The van der Waals surface area contributed by atoms with Crippen molar-refractivity contribution in [1.29, 1.82) is 0 Å². The van der Waals surface area contributed by atoms with Gasteiger partial charge in [0.25, 0.3) is 0 Å². The molecule has 0 aromatic heterocycles. The average Bonchev–Trinajstić information content (AvgIpc) is 2.47. The molecule has 0 fully saturated rings. The number of rotatable bonds is 5. The van der Waals surface area contributed by atoms with E-state index in [1.165, 1.54) is 10.8 Å². The Hall–Kier alpha value is -2.07. The summed E-state index contributed by atoms with van der Waals surface area (Å²) in [5.74, 6) is 4.97. The minimum absolute atomic E-state index is 0.140. The first-order valence-corrected chi connectivity index (χ1v) is 6.48. The van der Waals surface area contributed by atoms with Crippen LogP contribution in [0.4, 0.5) is 5.69 Å². The fraction of sp³-hybridized carbons (Fsp3) is 0.267. The Balaban J connectivity index is 2.27. The number of nitrogens with two attached hydrogens (primary N) is 1. The van der Waals surface area contributed by atoms with Gasteiger partial charge in [0.1, 0.15) is 0 Å². The number of fused-ring (bicyclic) bond motifs is 1. The van der Waals surface area contributed by atoms with E-state index in [0.717, 1.165) is 12.2 Å². The van der Waals surface area contributed by atoms with E-state index in [0.29, 0.717) is 13.0 Å². The predicted octanol–water partition coefficient (Wildman–Crippen LogP) is 2.05. The lowest BCUT2D eigenvalue weighted by Crippen LogP contribution is -2.34. The Bertz CT molecular complexity index is 563. The minimum atomic E-state index is -0.140. The van der Waals surface area contributed by atoms with Gasteiger partial charge in [0.05, 0.1) is 0 Å². The summed E-state index contributed by atoms with van der Waals surface area (Å²) < 4.78 is 0. The maximum absolute atomic E-state index is 11.3. The first-order valence-electron chi connectivity index (χ1n) is 6.48. The first kappa shape index (κ1) is 13.4. The van der Waals surface area contributed by atoms with Crippen molar-refractivity contribution >= 4 is 22.4 Å². The quantitative estimate of drug-likeness (QED) is 0.489. The van der Waals surface area contributed by atoms with Gasteiger partial charge < -0.3 is 4.90 Å². The standard InChI is InChI=1S/C15H19N3O/c1-2-18(11-10-15(19)17-16)14-9-5-7-12-6-3-4-8-13(12)14/h3-9H,2,10-11,16H2,1H3,(H,17,19). The summed E-state index contributed by atoms with van der Waals surface area (Å²) in [4.78, 5) is 13.5. The van der Waals surface area contributed by atoms with Crippen molar-refractivity contribution in [1.82, 2.24) is 5.43 Å². The zero-order valence-electron chi connectivity index (χ0n) is 11.1. The van der Waals surface area contributed by atoms with E-state index < -0.39 is 0 Å². The van der Waals surface area contributed by atoms with Crippen LogP contribution in [0.5, 0.6) is 0 Å². The lowest BCUT2D eigenvalue weighted by Gasteiger charge is -2.24. The van der Waals surface area contributed by atoms with Crippen LogP contribution in [0.25, 0.3) is 10.8 Å². The first-order chi connectivity index (χ1) is 9.26. The number of nitrogens with one attached hydrogen (secondary N) is 1. The monoisotopic (exact) mass is 257 g/mol. The van der Waals surface area contributed by atoms with Crippen LogP contribution in [-0.4, -0.2) is 19.0 Å². The van der Waals surface area contributed by atoms with Gasteiger partial charge in [-0.1, -0.05) is 36.4 Å². The lowest BCUT2D eigenvalue weighted by atomic mass is 10.1. The zero-order chi connectivity index (χ0) is 13.7. The molecule has 4 heteroatoms. The molecule has 0 bridgehead atoms. The Morgan fingerprint density at radius 1 is 1.21 bits per heavy atom. The molecule has 2 rings (SSSR count). The zero-order valence-corrected chi connectivity index (χ0v) is 11.1. The maximum Gasteiger partial charge on any atom is 0.235 e. The Labute approximate surface area is 113 Å². The number of hydrazine groups is 1. The van der Waals surface area contributed by atoms with E-state index >= 15 is 0 Å². The molecule has 0 spiro atoms. The summed E-state index contributed by atoms with van der Waals surface area (Å²) in [5.41, 5.74) is 3.33. The van der Waals surface area contributed by atoms with Crippen LogP contribution in [0.1, 0.15) is 13.3 Å². The Kier molecular flexibility index (Phi) is 4.36.